The summed E-state index contributed by atoms with van der Waals surface area (Å²) in [6.45, 7) is 4.21. The van der Waals surface area contributed by atoms with Crippen LogP contribution in [0.5, 0.6) is 0 Å². The second-order valence-corrected chi connectivity index (χ2v) is 7.71. The second kappa shape index (κ2) is 10.3. The van der Waals surface area contributed by atoms with E-state index < -0.39 is 0 Å². The summed E-state index contributed by atoms with van der Waals surface area (Å²) in [6.07, 6.45) is 0. The molecule has 4 rings (SSSR count). The Hall–Kier alpha value is -1.85. The number of nitrogens with one attached hydrogen (secondary N) is 1. The highest BCUT2D eigenvalue weighted by Gasteiger charge is 2.20. The van der Waals surface area contributed by atoms with Gasteiger partial charge in [-0.15, -0.1) is 35.3 Å². The minimum Gasteiger partial charge on any atom is -0.360 e. The fraction of sp³-hybridized carbons (Fsp3) is 0.316. The summed E-state index contributed by atoms with van der Waals surface area (Å²) in [5.74, 6) is 1.91. The van der Waals surface area contributed by atoms with Gasteiger partial charge in [0, 0.05) is 43.8 Å². The van der Waals surface area contributed by atoms with Crippen LogP contribution in [-0.2, 0) is 6.54 Å². The lowest BCUT2D eigenvalue weighted by atomic mass is 10.2. The summed E-state index contributed by atoms with van der Waals surface area (Å²) in [5.41, 5.74) is 0.869. The van der Waals surface area contributed by atoms with Crippen LogP contribution < -0.4 is 10.2 Å². The SMILES string of the molecule is CN=C(NCc1nc(-c2ccc(Cl)cc2)no1)N1CCN(c2cccs2)CC1.I. The smallest absolute Gasteiger partial charge is 0.246 e. The van der Waals surface area contributed by atoms with Crippen molar-refractivity contribution in [2.24, 2.45) is 4.99 Å². The van der Waals surface area contributed by atoms with Gasteiger partial charge in [0.2, 0.25) is 11.7 Å². The molecular formula is C19H22ClIN6OS. The Kier molecular flexibility index (Phi) is 7.73. The van der Waals surface area contributed by atoms with Crippen LogP contribution in [0, 0.1) is 0 Å². The predicted molar refractivity (Wildman–Crippen MR) is 128 cm³/mol. The van der Waals surface area contributed by atoms with Crippen molar-refractivity contribution < 1.29 is 4.52 Å². The quantitative estimate of drug-likeness (QED) is 0.305. The van der Waals surface area contributed by atoms with Crippen molar-refractivity contribution in [2.75, 3.05) is 38.1 Å². The average Bonchev–Trinajstić information content (AvgIpc) is 3.42. The van der Waals surface area contributed by atoms with E-state index in [0.29, 0.717) is 23.3 Å². The van der Waals surface area contributed by atoms with Crippen LogP contribution in [0.4, 0.5) is 5.00 Å². The third kappa shape index (κ3) is 5.40. The van der Waals surface area contributed by atoms with Gasteiger partial charge < -0.3 is 19.6 Å². The molecule has 7 nitrogen and oxygen atoms in total. The molecule has 1 fully saturated rings. The van der Waals surface area contributed by atoms with Gasteiger partial charge in [0.1, 0.15) is 0 Å². The molecule has 0 spiro atoms. The van der Waals surface area contributed by atoms with E-state index in [1.807, 2.05) is 24.3 Å². The fourth-order valence-corrected chi connectivity index (χ4v) is 4.03. The number of aliphatic imine (C=N–C) groups is 1. The van der Waals surface area contributed by atoms with Crippen molar-refractivity contribution in [1.29, 1.82) is 0 Å². The Morgan fingerprint density at radius 2 is 1.97 bits per heavy atom. The van der Waals surface area contributed by atoms with E-state index in [-0.39, 0.29) is 24.0 Å². The number of nitrogens with zero attached hydrogens (tertiary/aromatic N) is 5. The van der Waals surface area contributed by atoms with E-state index in [2.05, 4.69) is 47.8 Å². The third-order valence-corrected chi connectivity index (χ3v) is 5.76. The first-order valence-corrected chi connectivity index (χ1v) is 10.3. The van der Waals surface area contributed by atoms with Crippen molar-refractivity contribution in [3.8, 4) is 11.4 Å². The van der Waals surface area contributed by atoms with Gasteiger partial charge in [-0.25, -0.2) is 0 Å². The zero-order valence-corrected chi connectivity index (χ0v) is 19.8. The lowest BCUT2D eigenvalue weighted by Gasteiger charge is -2.36. The van der Waals surface area contributed by atoms with Crippen LogP contribution in [0.1, 0.15) is 5.89 Å². The molecule has 1 aliphatic heterocycles. The van der Waals surface area contributed by atoms with Crippen molar-refractivity contribution >= 4 is 57.9 Å². The van der Waals surface area contributed by atoms with E-state index in [0.717, 1.165) is 37.7 Å². The highest BCUT2D eigenvalue weighted by Crippen LogP contribution is 2.22. The predicted octanol–water partition coefficient (Wildman–Crippen LogP) is 3.97. The standard InChI is InChI=1S/C19H21ClN6OS.HI/c1-21-19(26-10-8-25(9-11-26)17-3-2-12-28-17)22-13-16-23-18(24-27-16)14-4-6-15(20)7-5-14;/h2-7,12H,8-11,13H2,1H3,(H,21,22);1H. The van der Waals surface area contributed by atoms with E-state index in [9.17, 15) is 0 Å². The van der Waals surface area contributed by atoms with Gasteiger partial charge in [0.05, 0.1) is 11.5 Å². The van der Waals surface area contributed by atoms with Crippen molar-refractivity contribution in [3.05, 3.63) is 52.7 Å². The Morgan fingerprint density at radius 3 is 2.62 bits per heavy atom. The molecule has 0 aliphatic carbocycles. The molecule has 0 amide bonds. The van der Waals surface area contributed by atoms with Gasteiger partial charge in [0.15, 0.2) is 5.96 Å². The second-order valence-electron chi connectivity index (χ2n) is 6.34. The Balaban J connectivity index is 0.00000240. The van der Waals surface area contributed by atoms with Gasteiger partial charge in [-0.2, -0.15) is 4.98 Å². The number of guanidine groups is 1. The molecule has 3 heterocycles. The number of hydrogen-bond acceptors (Lipinski definition) is 6. The number of aromatic nitrogens is 2. The zero-order valence-electron chi connectivity index (χ0n) is 15.9. The topological polar surface area (TPSA) is 69.8 Å². The Morgan fingerprint density at radius 1 is 1.21 bits per heavy atom. The number of rotatable bonds is 4. The van der Waals surface area contributed by atoms with Gasteiger partial charge in [-0.1, -0.05) is 16.8 Å². The summed E-state index contributed by atoms with van der Waals surface area (Å²) in [7, 11) is 1.79. The van der Waals surface area contributed by atoms with Crippen LogP contribution in [0.15, 0.2) is 51.3 Å². The first-order valence-electron chi connectivity index (χ1n) is 9.05. The molecule has 0 saturated carbocycles. The normalized spacial score (nSPS) is 14.6. The Bertz CT molecular complexity index is 923. The number of anilines is 1. The van der Waals surface area contributed by atoms with Crippen molar-refractivity contribution in [1.82, 2.24) is 20.4 Å². The zero-order chi connectivity index (χ0) is 19.3. The van der Waals surface area contributed by atoms with Crippen LogP contribution >= 0.6 is 46.9 Å². The van der Waals surface area contributed by atoms with E-state index >= 15 is 0 Å². The average molecular weight is 545 g/mol. The molecule has 1 aromatic carbocycles. The van der Waals surface area contributed by atoms with Crippen LogP contribution in [0.3, 0.4) is 0 Å². The highest BCUT2D eigenvalue weighted by atomic mass is 127. The summed E-state index contributed by atoms with van der Waals surface area (Å²) in [6, 6.07) is 11.6. The summed E-state index contributed by atoms with van der Waals surface area (Å²) in [5, 5.41) is 11.5. The maximum Gasteiger partial charge on any atom is 0.246 e. The van der Waals surface area contributed by atoms with Gasteiger partial charge in [-0.3, -0.25) is 4.99 Å². The Labute approximate surface area is 195 Å². The lowest BCUT2D eigenvalue weighted by molar-refractivity contribution is 0.355. The van der Waals surface area contributed by atoms with Crippen molar-refractivity contribution in [2.45, 2.75) is 6.54 Å². The first-order chi connectivity index (χ1) is 13.7. The molecule has 0 unspecified atom stereocenters. The number of piperazine rings is 1. The molecular weight excluding hydrogens is 523 g/mol. The molecule has 154 valence electrons. The van der Waals surface area contributed by atoms with E-state index in [4.69, 9.17) is 16.1 Å². The van der Waals surface area contributed by atoms with E-state index in [1.54, 1.807) is 18.4 Å². The van der Waals surface area contributed by atoms with Crippen LogP contribution in [0.25, 0.3) is 11.4 Å². The first kappa shape index (κ1) is 21.8. The molecule has 1 N–H and O–H groups in total. The maximum absolute atomic E-state index is 5.92. The molecule has 10 heteroatoms. The lowest BCUT2D eigenvalue weighted by Crippen LogP contribution is -2.52. The fourth-order valence-electron chi connectivity index (χ4n) is 3.12. The molecule has 29 heavy (non-hydrogen) atoms. The van der Waals surface area contributed by atoms with Gasteiger partial charge >= 0.3 is 0 Å². The molecule has 2 aromatic heterocycles. The monoisotopic (exact) mass is 544 g/mol. The third-order valence-electron chi connectivity index (χ3n) is 4.58. The molecule has 0 radical (unpaired) electrons. The summed E-state index contributed by atoms with van der Waals surface area (Å²) >= 11 is 7.70. The minimum absolute atomic E-state index is 0. The number of benzene rings is 1. The molecule has 0 atom stereocenters. The number of thiophene rings is 1. The van der Waals surface area contributed by atoms with Crippen LogP contribution in [0.2, 0.25) is 5.02 Å². The largest absolute Gasteiger partial charge is 0.360 e. The molecule has 0 bridgehead atoms. The van der Waals surface area contributed by atoms with Crippen molar-refractivity contribution in [3.63, 3.8) is 0 Å². The van der Waals surface area contributed by atoms with E-state index in [1.165, 1.54) is 5.00 Å². The maximum atomic E-state index is 5.92. The van der Waals surface area contributed by atoms with Crippen LogP contribution in [-0.4, -0.2) is 54.2 Å². The van der Waals surface area contributed by atoms with Gasteiger partial charge in [0.25, 0.3) is 0 Å². The molecule has 1 saturated heterocycles. The number of halogens is 2. The summed E-state index contributed by atoms with van der Waals surface area (Å²) in [4.78, 5) is 13.5. The number of hydrogen-bond donors (Lipinski definition) is 1. The molecule has 1 aliphatic rings. The molecule has 3 aromatic rings. The highest BCUT2D eigenvalue weighted by molar-refractivity contribution is 14.0. The van der Waals surface area contributed by atoms with Gasteiger partial charge in [-0.05, 0) is 41.8 Å². The minimum atomic E-state index is 0. The summed E-state index contributed by atoms with van der Waals surface area (Å²) < 4.78 is 5.36.